The predicted molar refractivity (Wildman–Crippen MR) is 217 cm³/mol. The summed E-state index contributed by atoms with van der Waals surface area (Å²) in [6.45, 7) is 11.5. The van der Waals surface area contributed by atoms with Crippen LogP contribution in [0.15, 0.2) is 164 Å². The van der Waals surface area contributed by atoms with Crippen LogP contribution in [0, 0.1) is 0 Å². The molecule has 2 heteroatoms. The number of benzene rings is 7. The van der Waals surface area contributed by atoms with Gasteiger partial charge in [-0.15, -0.1) is 0 Å². The molecule has 8 aromatic rings. The molecule has 0 fully saturated rings. The second kappa shape index (κ2) is 11.6. The molecule has 0 aliphatic heterocycles. The molecule has 1 aromatic heterocycles. The summed E-state index contributed by atoms with van der Waals surface area (Å²) in [4.78, 5) is 2.45. The molecule has 1 heterocycles. The first kappa shape index (κ1) is 31.1. The molecule has 0 spiro atoms. The summed E-state index contributed by atoms with van der Waals surface area (Å²) >= 11 is 0. The number of hydrogen-bond donors (Lipinski definition) is 0. The van der Waals surface area contributed by atoms with Crippen molar-refractivity contribution in [1.82, 2.24) is 4.57 Å². The Bertz CT molecular complexity index is 2560. The molecule has 1 aliphatic carbocycles. The van der Waals surface area contributed by atoms with Crippen molar-refractivity contribution in [2.45, 2.75) is 45.4 Å². The Kier molecular flexibility index (Phi) is 7.09. The van der Waals surface area contributed by atoms with Crippen molar-refractivity contribution in [3.8, 4) is 27.9 Å². The number of rotatable bonds is 5. The standard InChI is InChI=1S/C49H42N2/c1-48(2,3)34-27-31-37(32-28-34)50(45-24-14-21-42-47(45)39-17-9-11-20-41(39)49(42,4)5)36-29-25-33(26-30-36)38-19-13-23-44-46(38)40-18-10-12-22-43(40)51(44)35-15-7-6-8-16-35/h6-32H,1-5H3. The minimum absolute atomic E-state index is 0.0760. The summed E-state index contributed by atoms with van der Waals surface area (Å²) < 4.78 is 2.39. The third-order valence-corrected chi connectivity index (χ3v) is 11.0. The lowest BCUT2D eigenvalue weighted by Crippen LogP contribution is -2.16. The van der Waals surface area contributed by atoms with Gasteiger partial charge in [-0.3, -0.25) is 0 Å². The number of anilines is 3. The summed E-state index contributed by atoms with van der Waals surface area (Å²) in [5.74, 6) is 0. The van der Waals surface area contributed by atoms with Crippen LogP contribution in [0.25, 0.3) is 49.7 Å². The van der Waals surface area contributed by atoms with Crippen molar-refractivity contribution in [2.24, 2.45) is 0 Å². The third-order valence-electron chi connectivity index (χ3n) is 11.0. The molecule has 0 atom stereocenters. The Balaban J connectivity index is 1.22. The van der Waals surface area contributed by atoms with Crippen LogP contribution in [0.3, 0.4) is 0 Å². The first-order chi connectivity index (χ1) is 24.7. The van der Waals surface area contributed by atoms with Crippen LogP contribution in [-0.2, 0) is 10.8 Å². The molecule has 248 valence electrons. The first-order valence-corrected chi connectivity index (χ1v) is 18.0. The maximum Gasteiger partial charge on any atom is 0.0547 e. The number of aromatic nitrogens is 1. The molecule has 0 unspecified atom stereocenters. The summed E-state index contributed by atoms with van der Waals surface area (Å²) in [5.41, 5.74) is 16.3. The molecule has 51 heavy (non-hydrogen) atoms. The number of para-hydroxylation sites is 2. The largest absolute Gasteiger partial charge is 0.310 e. The average molecular weight is 659 g/mol. The quantitative estimate of drug-likeness (QED) is 0.179. The van der Waals surface area contributed by atoms with E-state index in [2.05, 4.69) is 208 Å². The minimum Gasteiger partial charge on any atom is -0.310 e. The highest BCUT2D eigenvalue weighted by Crippen LogP contribution is 2.54. The van der Waals surface area contributed by atoms with Gasteiger partial charge in [0.1, 0.15) is 0 Å². The second-order valence-corrected chi connectivity index (χ2v) is 15.4. The lowest BCUT2D eigenvalue weighted by Gasteiger charge is -2.29. The van der Waals surface area contributed by atoms with Crippen molar-refractivity contribution in [3.63, 3.8) is 0 Å². The summed E-state index contributed by atoms with van der Waals surface area (Å²) in [6, 6.07) is 60.3. The van der Waals surface area contributed by atoms with Gasteiger partial charge in [0.05, 0.1) is 16.7 Å². The molecule has 0 N–H and O–H groups in total. The van der Waals surface area contributed by atoms with Gasteiger partial charge >= 0.3 is 0 Å². The predicted octanol–water partition coefficient (Wildman–Crippen LogP) is 13.5. The van der Waals surface area contributed by atoms with E-state index >= 15 is 0 Å². The van der Waals surface area contributed by atoms with E-state index in [1.54, 1.807) is 0 Å². The van der Waals surface area contributed by atoms with Crippen LogP contribution in [0.1, 0.15) is 51.3 Å². The summed E-state index contributed by atoms with van der Waals surface area (Å²) in [7, 11) is 0. The molecule has 7 aromatic carbocycles. The van der Waals surface area contributed by atoms with E-state index in [4.69, 9.17) is 0 Å². The van der Waals surface area contributed by atoms with Gasteiger partial charge < -0.3 is 9.47 Å². The van der Waals surface area contributed by atoms with Crippen molar-refractivity contribution in [3.05, 3.63) is 180 Å². The molecule has 0 saturated heterocycles. The van der Waals surface area contributed by atoms with E-state index in [0.717, 1.165) is 11.4 Å². The fourth-order valence-corrected chi connectivity index (χ4v) is 8.36. The van der Waals surface area contributed by atoms with E-state index in [0.29, 0.717) is 0 Å². The van der Waals surface area contributed by atoms with Gasteiger partial charge in [0.15, 0.2) is 0 Å². The van der Waals surface area contributed by atoms with Gasteiger partial charge in [0.2, 0.25) is 0 Å². The number of fused-ring (bicyclic) bond motifs is 6. The van der Waals surface area contributed by atoms with Gasteiger partial charge in [-0.1, -0.05) is 144 Å². The van der Waals surface area contributed by atoms with Crippen LogP contribution < -0.4 is 4.90 Å². The SMILES string of the molecule is CC(C)(C)c1ccc(N(c2ccc(-c3cccc4c3c3ccccc3n4-c3ccccc3)cc2)c2cccc3c2-c2ccccc2C3(C)C)cc1. The molecule has 0 bridgehead atoms. The lowest BCUT2D eigenvalue weighted by molar-refractivity contribution is 0.590. The van der Waals surface area contributed by atoms with Gasteiger partial charge in [-0.05, 0) is 93.4 Å². The van der Waals surface area contributed by atoms with Gasteiger partial charge in [0.25, 0.3) is 0 Å². The smallest absolute Gasteiger partial charge is 0.0547 e. The third kappa shape index (κ3) is 4.93. The zero-order valence-electron chi connectivity index (χ0n) is 30.0. The highest BCUT2D eigenvalue weighted by molar-refractivity contribution is 6.15. The molecule has 0 radical (unpaired) electrons. The highest BCUT2D eigenvalue weighted by Gasteiger charge is 2.37. The fraction of sp³-hybridized carbons (Fsp3) is 0.143. The van der Waals surface area contributed by atoms with Crippen molar-refractivity contribution in [1.29, 1.82) is 0 Å². The zero-order valence-corrected chi connectivity index (χ0v) is 30.0. The maximum absolute atomic E-state index is 2.45. The van der Waals surface area contributed by atoms with E-state index in [-0.39, 0.29) is 10.8 Å². The molecule has 0 saturated carbocycles. The Morgan fingerprint density at radius 2 is 1.10 bits per heavy atom. The van der Waals surface area contributed by atoms with Gasteiger partial charge in [-0.25, -0.2) is 0 Å². The molecule has 1 aliphatic rings. The maximum atomic E-state index is 2.45. The van der Waals surface area contributed by atoms with Crippen LogP contribution in [0.2, 0.25) is 0 Å². The van der Waals surface area contributed by atoms with Gasteiger partial charge in [-0.2, -0.15) is 0 Å². The Hall–Kier alpha value is -5.86. The van der Waals surface area contributed by atoms with Crippen LogP contribution >= 0.6 is 0 Å². The number of hydrogen-bond acceptors (Lipinski definition) is 1. The molecule has 2 nitrogen and oxygen atoms in total. The van der Waals surface area contributed by atoms with Crippen molar-refractivity contribution < 1.29 is 0 Å². The van der Waals surface area contributed by atoms with Crippen LogP contribution in [0.5, 0.6) is 0 Å². The second-order valence-electron chi connectivity index (χ2n) is 15.4. The normalized spacial score (nSPS) is 13.4. The molecular formula is C49H42N2. The summed E-state index contributed by atoms with van der Waals surface area (Å²) in [6.07, 6.45) is 0. The van der Waals surface area contributed by atoms with Crippen molar-refractivity contribution in [2.75, 3.05) is 4.90 Å². The van der Waals surface area contributed by atoms with Crippen LogP contribution in [-0.4, -0.2) is 4.57 Å². The van der Waals surface area contributed by atoms with Crippen LogP contribution in [0.4, 0.5) is 17.1 Å². The minimum atomic E-state index is -0.0782. The van der Waals surface area contributed by atoms with Crippen molar-refractivity contribution >= 4 is 38.9 Å². The molecule has 0 amide bonds. The summed E-state index contributed by atoms with van der Waals surface area (Å²) in [5, 5.41) is 2.54. The van der Waals surface area contributed by atoms with E-state index in [9.17, 15) is 0 Å². The Labute approximate surface area is 301 Å². The Morgan fingerprint density at radius 1 is 0.510 bits per heavy atom. The highest BCUT2D eigenvalue weighted by atomic mass is 15.1. The number of nitrogens with zero attached hydrogens (tertiary/aromatic N) is 2. The molecule has 9 rings (SSSR count). The monoisotopic (exact) mass is 658 g/mol. The van der Waals surface area contributed by atoms with E-state index in [1.807, 2.05) is 0 Å². The molecular weight excluding hydrogens is 617 g/mol. The zero-order chi connectivity index (χ0) is 34.9. The lowest BCUT2D eigenvalue weighted by atomic mass is 9.82. The van der Waals surface area contributed by atoms with E-state index < -0.39 is 0 Å². The first-order valence-electron chi connectivity index (χ1n) is 18.0. The van der Waals surface area contributed by atoms with E-state index in [1.165, 1.54) is 72.1 Å². The topological polar surface area (TPSA) is 8.17 Å². The average Bonchev–Trinajstić information content (AvgIpc) is 3.62. The Morgan fingerprint density at radius 3 is 1.84 bits per heavy atom. The fourth-order valence-electron chi connectivity index (χ4n) is 8.36. The van der Waals surface area contributed by atoms with Gasteiger partial charge in [0, 0.05) is 38.8 Å².